The molecule has 0 aliphatic carbocycles. The first-order valence-corrected chi connectivity index (χ1v) is 7.92. The topological polar surface area (TPSA) is 66.5 Å². The van der Waals surface area contributed by atoms with Crippen molar-refractivity contribution < 1.29 is 14.4 Å². The summed E-state index contributed by atoms with van der Waals surface area (Å²) in [6.45, 7) is 5.78. The predicted molar refractivity (Wildman–Crippen MR) is 96.1 cm³/mol. The van der Waals surface area contributed by atoms with E-state index < -0.39 is 17.8 Å². The van der Waals surface area contributed by atoms with Crippen molar-refractivity contribution >= 4 is 29.6 Å². The summed E-state index contributed by atoms with van der Waals surface area (Å²) in [4.78, 5) is 38.2. The van der Waals surface area contributed by atoms with Crippen molar-refractivity contribution in [2.75, 3.05) is 4.90 Å². The maximum Gasteiger partial charge on any atom is 0.335 e. The molecule has 1 N–H and O–H groups in total. The second-order valence-electron chi connectivity index (χ2n) is 6.14. The lowest BCUT2D eigenvalue weighted by atomic mass is 10.0. The standard InChI is InChI=1S/C20H18N2O3/c1-12-5-4-6-15(9-12)11-17-18(23)21-20(25)22(19(17)24)16-8-7-13(2)14(3)10-16/h4-11H,1-3H3,(H,21,23,25). The molecule has 0 unspecified atom stereocenters. The van der Waals surface area contributed by atoms with Gasteiger partial charge in [0.1, 0.15) is 5.57 Å². The van der Waals surface area contributed by atoms with E-state index >= 15 is 0 Å². The van der Waals surface area contributed by atoms with Crippen LogP contribution < -0.4 is 10.2 Å². The number of carbonyl (C=O) groups excluding carboxylic acids is 3. The Morgan fingerprint density at radius 3 is 2.36 bits per heavy atom. The number of hydrogen-bond acceptors (Lipinski definition) is 3. The van der Waals surface area contributed by atoms with Crippen LogP contribution in [0.15, 0.2) is 48.0 Å². The fourth-order valence-corrected chi connectivity index (χ4v) is 2.68. The lowest BCUT2D eigenvalue weighted by molar-refractivity contribution is -0.122. The fraction of sp³-hybridized carbons (Fsp3) is 0.150. The maximum absolute atomic E-state index is 12.8. The van der Waals surface area contributed by atoms with E-state index in [9.17, 15) is 14.4 Å². The van der Waals surface area contributed by atoms with Gasteiger partial charge in [-0.1, -0.05) is 35.9 Å². The largest absolute Gasteiger partial charge is 0.335 e. The number of barbiturate groups is 1. The van der Waals surface area contributed by atoms with Crippen LogP contribution in [0, 0.1) is 20.8 Å². The minimum Gasteiger partial charge on any atom is -0.273 e. The number of amides is 4. The van der Waals surface area contributed by atoms with Crippen molar-refractivity contribution in [1.82, 2.24) is 5.32 Å². The summed E-state index contributed by atoms with van der Waals surface area (Å²) in [6.07, 6.45) is 1.51. The lowest BCUT2D eigenvalue weighted by Crippen LogP contribution is -2.54. The molecule has 0 saturated carbocycles. The van der Waals surface area contributed by atoms with Crippen LogP contribution in [-0.2, 0) is 9.59 Å². The molecular formula is C20H18N2O3. The van der Waals surface area contributed by atoms with Gasteiger partial charge in [0, 0.05) is 0 Å². The van der Waals surface area contributed by atoms with Gasteiger partial charge in [0.2, 0.25) is 0 Å². The van der Waals surface area contributed by atoms with Crippen LogP contribution in [0.5, 0.6) is 0 Å². The predicted octanol–water partition coefficient (Wildman–Crippen LogP) is 3.28. The highest BCUT2D eigenvalue weighted by molar-refractivity contribution is 6.39. The second-order valence-corrected chi connectivity index (χ2v) is 6.14. The quantitative estimate of drug-likeness (QED) is 0.677. The molecule has 0 bridgehead atoms. The molecule has 25 heavy (non-hydrogen) atoms. The molecule has 1 heterocycles. The highest BCUT2D eigenvalue weighted by Crippen LogP contribution is 2.24. The van der Waals surface area contributed by atoms with Crippen LogP contribution in [0.25, 0.3) is 6.08 Å². The zero-order chi connectivity index (χ0) is 18.1. The van der Waals surface area contributed by atoms with Gasteiger partial charge in [-0.05, 0) is 55.7 Å². The van der Waals surface area contributed by atoms with E-state index in [0.29, 0.717) is 5.69 Å². The Morgan fingerprint density at radius 1 is 0.920 bits per heavy atom. The van der Waals surface area contributed by atoms with Gasteiger partial charge in [0.15, 0.2) is 0 Å². The van der Waals surface area contributed by atoms with E-state index in [4.69, 9.17) is 0 Å². The molecule has 0 aromatic heterocycles. The molecular weight excluding hydrogens is 316 g/mol. The highest BCUT2D eigenvalue weighted by atomic mass is 16.2. The van der Waals surface area contributed by atoms with Crippen LogP contribution in [0.2, 0.25) is 0 Å². The van der Waals surface area contributed by atoms with E-state index in [0.717, 1.165) is 27.2 Å². The minimum absolute atomic E-state index is 0.0663. The summed E-state index contributed by atoms with van der Waals surface area (Å²) in [6, 6.07) is 12.0. The summed E-state index contributed by atoms with van der Waals surface area (Å²) < 4.78 is 0. The zero-order valence-corrected chi connectivity index (χ0v) is 14.3. The normalized spacial score (nSPS) is 16.4. The van der Waals surface area contributed by atoms with Crippen LogP contribution in [0.1, 0.15) is 22.3 Å². The van der Waals surface area contributed by atoms with Gasteiger partial charge >= 0.3 is 6.03 Å². The fourth-order valence-electron chi connectivity index (χ4n) is 2.68. The monoisotopic (exact) mass is 334 g/mol. The number of nitrogens with one attached hydrogen (secondary N) is 1. The number of carbonyl (C=O) groups is 3. The van der Waals surface area contributed by atoms with Crippen molar-refractivity contribution in [1.29, 1.82) is 0 Å². The van der Waals surface area contributed by atoms with Gasteiger partial charge in [-0.3, -0.25) is 14.9 Å². The minimum atomic E-state index is -0.736. The molecule has 0 spiro atoms. The molecule has 1 saturated heterocycles. The number of hydrogen-bond donors (Lipinski definition) is 1. The first-order valence-electron chi connectivity index (χ1n) is 7.92. The third kappa shape index (κ3) is 3.21. The van der Waals surface area contributed by atoms with Crippen LogP contribution in [0.3, 0.4) is 0 Å². The van der Waals surface area contributed by atoms with Crippen LogP contribution in [0.4, 0.5) is 10.5 Å². The summed E-state index contributed by atoms with van der Waals surface area (Å²) >= 11 is 0. The number of anilines is 1. The van der Waals surface area contributed by atoms with Crippen molar-refractivity contribution in [2.45, 2.75) is 20.8 Å². The van der Waals surface area contributed by atoms with Gasteiger partial charge in [-0.15, -0.1) is 0 Å². The Morgan fingerprint density at radius 2 is 1.68 bits per heavy atom. The van der Waals surface area contributed by atoms with Gasteiger partial charge in [-0.2, -0.15) is 0 Å². The average molecular weight is 334 g/mol. The maximum atomic E-state index is 12.8. The van der Waals surface area contributed by atoms with Crippen molar-refractivity contribution in [3.8, 4) is 0 Å². The number of imide groups is 2. The Labute approximate surface area is 146 Å². The number of rotatable bonds is 2. The third-order valence-corrected chi connectivity index (χ3v) is 4.20. The average Bonchev–Trinajstić information content (AvgIpc) is 2.55. The zero-order valence-electron chi connectivity index (χ0n) is 14.3. The molecule has 2 aromatic carbocycles. The van der Waals surface area contributed by atoms with Gasteiger partial charge < -0.3 is 0 Å². The Kier molecular flexibility index (Phi) is 4.23. The Bertz CT molecular complexity index is 928. The van der Waals surface area contributed by atoms with Gasteiger partial charge in [-0.25, -0.2) is 9.69 Å². The lowest BCUT2D eigenvalue weighted by Gasteiger charge is -2.26. The molecule has 2 aromatic rings. The van der Waals surface area contributed by atoms with E-state index in [1.807, 2.05) is 45.0 Å². The molecule has 1 aliphatic heterocycles. The molecule has 1 fully saturated rings. The van der Waals surface area contributed by atoms with Crippen molar-refractivity contribution in [2.24, 2.45) is 0 Å². The molecule has 1 aliphatic rings. The van der Waals surface area contributed by atoms with E-state index in [1.54, 1.807) is 18.2 Å². The van der Waals surface area contributed by atoms with Crippen molar-refractivity contribution in [3.63, 3.8) is 0 Å². The molecule has 5 heteroatoms. The van der Waals surface area contributed by atoms with E-state index in [-0.39, 0.29) is 5.57 Å². The number of nitrogens with zero attached hydrogens (tertiary/aromatic N) is 1. The smallest absolute Gasteiger partial charge is 0.273 e. The first-order chi connectivity index (χ1) is 11.9. The SMILES string of the molecule is Cc1cccc(C=C2C(=O)NC(=O)N(c3ccc(C)c(C)c3)C2=O)c1. The second kappa shape index (κ2) is 6.36. The molecule has 5 nitrogen and oxygen atoms in total. The first kappa shape index (κ1) is 16.6. The Hall–Kier alpha value is -3.21. The van der Waals surface area contributed by atoms with Crippen molar-refractivity contribution in [3.05, 3.63) is 70.3 Å². The summed E-state index contributed by atoms with van der Waals surface area (Å²) in [5, 5.41) is 2.24. The van der Waals surface area contributed by atoms with Gasteiger partial charge in [0.25, 0.3) is 11.8 Å². The van der Waals surface area contributed by atoms with Gasteiger partial charge in [0.05, 0.1) is 5.69 Å². The van der Waals surface area contributed by atoms with E-state index in [1.165, 1.54) is 6.08 Å². The number of benzene rings is 2. The molecule has 126 valence electrons. The molecule has 4 amide bonds. The number of aryl methyl sites for hydroxylation is 3. The van der Waals surface area contributed by atoms with Crippen LogP contribution in [-0.4, -0.2) is 17.8 Å². The molecule has 3 rings (SSSR count). The summed E-state index contributed by atoms with van der Waals surface area (Å²) in [5.41, 5.74) is 4.13. The summed E-state index contributed by atoms with van der Waals surface area (Å²) in [5.74, 6) is -1.31. The van der Waals surface area contributed by atoms with Crippen LogP contribution >= 0.6 is 0 Å². The molecule has 0 radical (unpaired) electrons. The van der Waals surface area contributed by atoms with E-state index in [2.05, 4.69) is 5.32 Å². The Balaban J connectivity index is 2.03. The summed E-state index contributed by atoms with van der Waals surface area (Å²) in [7, 11) is 0. The number of urea groups is 1. The highest BCUT2D eigenvalue weighted by Gasteiger charge is 2.36. The molecule has 0 atom stereocenters. The third-order valence-electron chi connectivity index (χ3n) is 4.20.